The Morgan fingerprint density at radius 2 is 2.12 bits per heavy atom. The maximum absolute atomic E-state index is 11.6. The van der Waals surface area contributed by atoms with Crippen molar-refractivity contribution in [2.24, 2.45) is 11.8 Å². The second-order valence-corrected chi connectivity index (χ2v) is 5.47. The molecule has 94 valence electrons. The van der Waals surface area contributed by atoms with Crippen molar-refractivity contribution in [1.29, 1.82) is 0 Å². The Labute approximate surface area is 102 Å². The summed E-state index contributed by atoms with van der Waals surface area (Å²) in [7, 11) is 0. The van der Waals surface area contributed by atoms with Crippen LogP contribution < -0.4 is 0 Å². The normalized spacial score (nSPS) is 35.4. The van der Waals surface area contributed by atoms with Gasteiger partial charge in [0.2, 0.25) is 0 Å². The highest BCUT2D eigenvalue weighted by molar-refractivity contribution is 5.95. The SMILES string of the molecule is CCC(=O)C=CC(=O)OC1(C)CC2CCC1C2. The minimum absolute atomic E-state index is 0.0416. The largest absolute Gasteiger partial charge is 0.456 e. The van der Waals surface area contributed by atoms with E-state index in [0.29, 0.717) is 12.3 Å². The predicted octanol–water partition coefficient (Wildman–Crippen LogP) is 2.64. The molecule has 0 amide bonds. The van der Waals surface area contributed by atoms with Crippen LogP contribution in [0.15, 0.2) is 12.2 Å². The van der Waals surface area contributed by atoms with Gasteiger partial charge in [0, 0.05) is 12.5 Å². The molecule has 0 aromatic carbocycles. The van der Waals surface area contributed by atoms with E-state index < -0.39 is 0 Å². The van der Waals surface area contributed by atoms with Gasteiger partial charge in [0.1, 0.15) is 5.60 Å². The molecule has 0 radical (unpaired) electrons. The first-order valence-corrected chi connectivity index (χ1v) is 6.47. The van der Waals surface area contributed by atoms with Crippen LogP contribution in [0.4, 0.5) is 0 Å². The van der Waals surface area contributed by atoms with Crippen molar-refractivity contribution in [1.82, 2.24) is 0 Å². The van der Waals surface area contributed by atoms with Crippen LogP contribution in [-0.2, 0) is 14.3 Å². The van der Waals surface area contributed by atoms with Crippen molar-refractivity contribution < 1.29 is 14.3 Å². The lowest BCUT2D eigenvalue weighted by molar-refractivity contribution is -0.157. The molecule has 3 unspecified atom stereocenters. The van der Waals surface area contributed by atoms with E-state index in [1.807, 2.05) is 6.92 Å². The van der Waals surface area contributed by atoms with Crippen molar-refractivity contribution in [3.63, 3.8) is 0 Å². The molecule has 0 spiro atoms. The molecule has 0 N–H and O–H groups in total. The zero-order valence-electron chi connectivity index (χ0n) is 10.6. The third kappa shape index (κ3) is 2.59. The molecule has 2 aliphatic carbocycles. The van der Waals surface area contributed by atoms with Crippen LogP contribution in [0.3, 0.4) is 0 Å². The van der Waals surface area contributed by atoms with E-state index in [0.717, 1.165) is 12.3 Å². The standard InChI is InChI=1S/C14H20O3/c1-3-12(15)6-7-13(16)17-14(2)9-10-4-5-11(14)8-10/h6-7,10-11H,3-5,8-9H2,1-2H3. The van der Waals surface area contributed by atoms with Gasteiger partial charge in [-0.1, -0.05) is 6.92 Å². The summed E-state index contributed by atoms with van der Waals surface area (Å²) in [4.78, 5) is 22.7. The molecule has 2 fully saturated rings. The van der Waals surface area contributed by atoms with Crippen LogP contribution >= 0.6 is 0 Å². The van der Waals surface area contributed by atoms with Crippen LogP contribution in [-0.4, -0.2) is 17.4 Å². The molecule has 0 saturated heterocycles. The summed E-state index contributed by atoms with van der Waals surface area (Å²) in [6.45, 7) is 3.81. The van der Waals surface area contributed by atoms with Gasteiger partial charge < -0.3 is 4.74 Å². The van der Waals surface area contributed by atoms with Gasteiger partial charge in [-0.2, -0.15) is 0 Å². The fourth-order valence-corrected chi connectivity index (χ4v) is 3.22. The average molecular weight is 236 g/mol. The van der Waals surface area contributed by atoms with Gasteiger partial charge in [-0.05, 0) is 50.5 Å². The highest BCUT2D eigenvalue weighted by atomic mass is 16.6. The molecule has 2 bridgehead atoms. The van der Waals surface area contributed by atoms with Crippen molar-refractivity contribution in [3.05, 3.63) is 12.2 Å². The van der Waals surface area contributed by atoms with E-state index in [-0.39, 0.29) is 17.4 Å². The van der Waals surface area contributed by atoms with Crippen molar-refractivity contribution in [3.8, 4) is 0 Å². The minimum Gasteiger partial charge on any atom is -0.456 e. The Hall–Kier alpha value is -1.12. The van der Waals surface area contributed by atoms with Gasteiger partial charge in [-0.15, -0.1) is 0 Å². The minimum atomic E-state index is -0.373. The van der Waals surface area contributed by atoms with Gasteiger partial charge in [0.15, 0.2) is 5.78 Å². The lowest BCUT2D eigenvalue weighted by Gasteiger charge is -2.33. The molecule has 3 atom stereocenters. The summed E-state index contributed by atoms with van der Waals surface area (Å²) in [5.74, 6) is 0.840. The summed E-state index contributed by atoms with van der Waals surface area (Å²) >= 11 is 0. The molecular formula is C14H20O3. The van der Waals surface area contributed by atoms with E-state index in [4.69, 9.17) is 4.74 Å². The second-order valence-electron chi connectivity index (χ2n) is 5.47. The summed E-state index contributed by atoms with van der Waals surface area (Å²) in [5, 5.41) is 0. The number of carbonyl (C=O) groups excluding carboxylic acids is 2. The Bertz CT molecular complexity index is 358. The molecule has 0 aliphatic heterocycles. The van der Waals surface area contributed by atoms with Crippen molar-refractivity contribution in [2.75, 3.05) is 0 Å². The third-order valence-corrected chi connectivity index (χ3v) is 4.19. The first-order chi connectivity index (χ1) is 8.03. The molecule has 3 heteroatoms. The van der Waals surface area contributed by atoms with Gasteiger partial charge >= 0.3 is 5.97 Å². The molecule has 2 saturated carbocycles. The van der Waals surface area contributed by atoms with Crippen LogP contribution in [0.5, 0.6) is 0 Å². The van der Waals surface area contributed by atoms with Gasteiger partial charge in [-0.3, -0.25) is 4.79 Å². The zero-order valence-corrected chi connectivity index (χ0v) is 10.6. The zero-order chi connectivity index (χ0) is 12.5. The third-order valence-electron chi connectivity index (χ3n) is 4.19. The maximum Gasteiger partial charge on any atom is 0.331 e. The highest BCUT2D eigenvalue weighted by Gasteiger charge is 2.50. The first-order valence-electron chi connectivity index (χ1n) is 6.47. The number of hydrogen-bond donors (Lipinski definition) is 0. The average Bonchev–Trinajstić information content (AvgIpc) is 2.85. The van der Waals surface area contributed by atoms with E-state index in [1.54, 1.807) is 6.92 Å². The summed E-state index contributed by atoms with van der Waals surface area (Å²) in [5.41, 5.74) is -0.292. The van der Waals surface area contributed by atoms with E-state index in [2.05, 4.69) is 0 Å². The van der Waals surface area contributed by atoms with E-state index in [9.17, 15) is 9.59 Å². The van der Waals surface area contributed by atoms with Crippen LogP contribution in [0.1, 0.15) is 46.0 Å². The quantitative estimate of drug-likeness (QED) is 0.556. The lowest BCUT2D eigenvalue weighted by Crippen LogP contribution is -2.36. The molecule has 2 rings (SSSR count). The fraction of sp³-hybridized carbons (Fsp3) is 0.714. The van der Waals surface area contributed by atoms with Crippen LogP contribution in [0.25, 0.3) is 0 Å². The van der Waals surface area contributed by atoms with Crippen molar-refractivity contribution in [2.45, 2.75) is 51.6 Å². The predicted molar refractivity (Wildman–Crippen MR) is 64.4 cm³/mol. The van der Waals surface area contributed by atoms with Gasteiger partial charge in [0.05, 0.1) is 0 Å². The van der Waals surface area contributed by atoms with E-state index in [1.165, 1.54) is 31.4 Å². The van der Waals surface area contributed by atoms with E-state index >= 15 is 0 Å². The molecular weight excluding hydrogens is 216 g/mol. The molecule has 3 nitrogen and oxygen atoms in total. The molecule has 2 aliphatic rings. The van der Waals surface area contributed by atoms with Gasteiger partial charge in [-0.25, -0.2) is 4.79 Å². The number of rotatable bonds is 4. The molecule has 0 aromatic heterocycles. The Balaban J connectivity index is 1.91. The summed E-state index contributed by atoms with van der Waals surface area (Å²) in [6, 6.07) is 0. The lowest BCUT2D eigenvalue weighted by atomic mass is 9.86. The number of allylic oxidation sites excluding steroid dienone is 1. The smallest absolute Gasteiger partial charge is 0.331 e. The molecule has 17 heavy (non-hydrogen) atoms. The fourth-order valence-electron chi connectivity index (χ4n) is 3.22. The Morgan fingerprint density at radius 3 is 2.65 bits per heavy atom. The maximum atomic E-state index is 11.6. The van der Waals surface area contributed by atoms with Crippen LogP contribution in [0.2, 0.25) is 0 Å². The number of fused-ring (bicyclic) bond motifs is 2. The number of carbonyl (C=O) groups is 2. The first kappa shape index (κ1) is 12.3. The van der Waals surface area contributed by atoms with Gasteiger partial charge in [0.25, 0.3) is 0 Å². The number of hydrogen-bond acceptors (Lipinski definition) is 3. The number of esters is 1. The van der Waals surface area contributed by atoms with Crippen molar-refractivity contribution >= 4 is 11.8 Å². The summed E-state index contributed by atoms with van der Waals surface area (Å²) < 4.78 is 5.55. The highest BCUT2D eigenvalue weighted by Crippen LogP contribution is 2.52. The number of ketones is 1. The molecule has 0 aromatic rings. The summed E-state index contributed by atoms with van der Waals surface area (Å²) in [6.07, 6.45) is 7.64. The molecule has 0 heterocycles. The monoisotopic (exact) mass is 236 g/mol. The Kier molecular flexibility index (Phi) is 3.36. The second kappa shape index (κ2) is 4.63. The number of ether oxygens (including phenoxy) is 1. The Morgan fingerprint density at radius 1 is 1.35 bits per heavy atom. The van der Waals surface area contributed by atoms with Crippen LogP contribution in [0, 0.1) is 11.8 Å². The topological polar surface area (TPSA) is 43.4 Å².